The van der Waals surface area contributed by atoms with E-state index in [0.717, 1.165) is 38.9 Å². The van der Waals surface area contributed by atoms with Crippen LogP contribution in [-0.4, -0.2) is 29.1 Å². The topological polar surface area (TPSA) is 40.5 Å². The zero-order chi connectivity index (χ0) is 14.5. The summed E-state index contributed by atoms with van der Waals surface area (Å²) in [6.07, 6.45) is 2.70. The summed E-state index contributed by atoms with van der Waals surface area (Å²) < 4.78 is 0. The number of carboxylic acid groups (broad SMARTS) is 1. The summed E-state index contributed by atoms with van der Waals surface area (Å²) in [5.74, 6) is -0.259. The van der Waals surface area contributed by atoms with Crippen LogP contribution in [0.4, 0.5) is 0 Å². The molecule has 1 aromatic rings. The summed E-state index contributed by atoms with van der Waals surface area (Å²) in [4.78, 5) is 13.6. The van der Waals surface area contributed by atoms with Gasteiger partial charge in [-0.3, -0.25) is 9.69 Å². The molecule has 0 aromatic heterocycles. The highest BCUT2D eigenvalue weighted by molar-refractivity contribution is 5.69. The van der Waals surface area contributed by atoms with Crippen LogP contribution in [0.5, 0.6) is 0 Å². The van der Waals surface area contributed by atoms with E-state index in [4.69, 9.17) is 5.11 Å². The molecule has 2 rings (SSSR count). The van der Waals surface area contributed by atoms with Crippen LogP contribution in [0, 0.1) is 18.8 Å². The lowest BCUT2D eigenvalue weighted by Crippen LogP contribution is -2.22. The number of rotatable bonds is 6. The Morgan fingerprint density at radius 1 is 1.40 bits per heavy atom. The van der Waals surface area contributed by atoms with E-state index in [1.807, 2.05) is 6.92 Å². The molecule has 2 atom stereocenters. The van der Waals surface area contributed by atoms with Crippen molar-refractivity contribution in [2.45, 2.75) is 39.7 Å². The molecule has 1 heterocycles. The summed E-state index contributed by atoms with van der Waals surface area (Å²) in [6, 6.07) is 8.68. The number of carboxylic acids is 1. The van der Waals surface area contributed by atoms with Crippen molar-refractivity contribution >= 4 is 5.97 Å². The third-order valence-electron chi connectivity index (χ3n) is 4.36. The predicted molar refractivity (Wildman–Crippen MR) is 80.6 cm³/mol. The third-order valence-corrected chi connectivity index (χ3v) is 4.36. The summed E-state index contributed by atoms with van der Waals surface area (Å²) in [5.41, 5.74) is 2.64. The maximum Gasteiger partial charge on any atom is 0.306 e. The first-order valence-corrected chi connectivity index (χ1v) is 7.59. The van der Waals surface area contributed by atoms with Crippen LogP contribution in [-0.2, 0) is 11.3 Å². The maximum absolute atomic E-state index is 11.1. The van der Waals surface area contributed by atoms with Crippen molar-refractivity contribution in [1.29, 1.82) is 0 Å². The van der Waals surface area contributed by atoms with Crippen LogP contribution in [0.1, 0.15) is 37.3 Å². The number of nitrogens with zero attached hydrogens (tertiary/aromatic N) is 1. The van der Waals surface area contributed by atoms with Gasteiger partial charge in [0.15, 0.2) is 0 Å². The quantitative estimate of drug-likeness (QED) is 0.866. The number of likely N-dealkylation sites (tertiary alicyclic amines) is 1. The third kappa shape index (κ3) is 4.07. The molecule has 1 saturated heterocycles. The number of hydrogen-bond donors (Lipinski definition) is 1. The second-order valence-electron chi connectivity index (χ2n) is 6.05. The Labute approximate surface area is 121 Å². The normalized spacial score (nSPS) is 21.0. The van der Waals surface area contributed by atoms with E-state index < -0.39 is 5.97 Å². The molecule has 1 aliphatic rings. The van der Waals surface area contributed by atoms with Crippen molar-refractivity contribution in [2.24, 2.45) is 11.8 Å². The minimum absolute atomic E-state index is 0.167. The van der Waals surface area contributed by atoms with Crippen LogP contribution in [0.15, 0.2) is 24.3 Å². The van der Waals surface area contributed by atoms with Gasteiger partial charge in [-0.1, -0.05) is 36.8 Å². The molecule has 0 saturated carbocycles. The Hall–Kier alpha value is -1.35. The van der Waals surface area contributed by atoms with Gasteiger partial charge in [-0.05, 0) is 44.2 Å². The highest BCUT2D eigenvalue weighted by Gasteiger charge is 2.27. The summed E-state index contributed by atoms with van der Waals surface area (Å²) in [5, 5.41) is 9.15. The van der Waals surface area contributed by atoms with Gasteiger partial charge in [-0.2, -0.15) is 0 Å². The second-order valence-corrected chi connectivity index (χ2v) is 6.05. The summed E-state index contributed by atoms with van der Waals surface area (Å²) in [7, 11) is 0. The molecular formula is C17H25NO2. The number of aryl methyl sites for hydroxylation is 1. The number of hydrogen-bond acceptors (Lipinski definition) is 2. The van der Waals surface area contributed by atoms with Crippen LogP contribution in [0.25, 0.3) is 0 Å². The Morgan fingerprint density at radius 3 is 2.70 bits per heavy atom. The summed E-state index contributed by atoms with van der Waals surface area (Å²) in [6.45, 7) is 7.19. The van der Waals surface area contributed by atoms with Crippen molar-refractivity contribution in [3.8, 4) is 0 Å². The fourth-order valence-electron chi connectivity index (χ4n) is 3.05. The second kappa shape index (κ2) is 6.89. The highest BCUT2D eigenvalue weighted by Crippen LogP contribution is 2.26. The van der Waals surface area contributed by atoms with E-state index in [2.05, 4.69) is 36.1 Å². The lowest BCUT2D eigenvalue weighted by molar-refractivity contribution is -0.142. The fraction of sp³-hybridized carbons (Fsp3) is 0.588. The number of benzene rings is 1. The fourth-order valence-corrected chi connectivity index (χ4v) is 3.05. The van der Waals surface area contributed by atoms with Crippen LogP contribution >= 0.6 is 0 Å². The molecule has 0 radical (unpaired) electrons. The number of aliphatic carboxylic acids is 1. The van der Waals surface area contributed by atoms with E-state index in [0.29, 0.717) is 5.92 Å². The van der Waals surface area contributed by atoms with Gasteiger partial charge < -0.3 is 5.11 Å². The minimum atomic E-state index is -0.635. The molecule has 110 valence electrons. The lowest BCUT2D eigenvalue weighted by atomic mass is 9.92. The lowest BCUT2D eigenvalue weighted by Gasteiger charge is -2.18. The SMILES string of the molecule is CCC(CC1CCN(Cc2ccc(C)cc2)C1)C(=O)O. The van der Waals surface area contributed by atoms with E-state index >= 15 is 0 Å². The van der Waals surface area contributed by atoms with Gasteiger partial charge in [-0.15, -0.1) is 0 Å². The van der Waals surface area contributed by atoms with Crippen molar-refractivity contribution < 1.29 is 9.90 Å². The molecular weight excluding hydrogens is 250 g/mol. The molecule has 0 spiro atoms. The summed E-state index contributed by atoms with van der Waals surface area (Å²) >= 11 is 0. The Morgan fingerprint density at radius 2 is 2.10 bits per heavy atom. The Bertz CT molecular complexity index is 441. The number of carbonyl (C=O) groups is 1. The average molecular weight is 275 g/mol. The molecule has 0 bridgehead atoms. The Kier molecular flexibility index (Phi) is 5.18. The smallest absolute Gasteiger partial charge is 0.306 e. The van der Waals surface area contributed by atoms with Gasteiger partial charge in [0.1, 0.15) is 0 Å². The van der Waals surface area contributed by atoms with E-state index in [9.17, 15) is 4.79 Å². The van der Waals surface area contributed by atoms with Crippen molar-refractivity contribution in [1.82, 2.24) is 4.90 Å². The van der Waals surface area contributed by atoms with Gasteiger partial charge in [0.05, 0.1) is 5.92 Å². The first-order chi connectivity index (χ1) is 9.58. The first kappa shape index (κ1) is 15.0. The maximum atomic E-state index is 11.1. The minimum Gasteiger partial charge on any atom is -0.481 e. The molecule has 1 N–H and O–H groups in total. The Balaban J connectivity index is 1.83. The standard InChI is InChI=1S/C17H25NO2/c1-3-16(17(19)20)10-15-8-9-18(12-15)11-14-6-4-13(2)5-7-14/h4-7,15-16H,3,8-12H2,1-2H3,(H,19,20). The zero-order valence-electron chi connectivity index (χ0n) is 12.5. The van der Waals surface area contributed by atoms with E-state index in [1.165, 1.54) is 11.1 Å². The van der Waals surface area contributed by atoms with Crippen molar-refractivity contribution in [3.05, 3.63) is 35.4 Å². The largest absolute Gasteiger partial charge is 0.481 e. The monoisotopic (exact) mass is 275 g/mol. The molecule has 1 fully saturated rings. The van der Waals surface area contributed by atoms with E-state index in [1.54, 1.807) is 0 Å². The molecule has 1 aromatic carbocycles. The van der Waals surface area contributed by atoms with Gasteiger partial charge in [0.25, 0.3) is 0 Å². The predicted octanol–water partition coefficient (Wildman–Crippen LogP) is 3.32. The molecule has 3 nitrogen and oxygen atoms in total. The zero-order valence-corrected chi connectivity index (χ0v) is 12.5. The van der Waals surface area contributed by atoms with Crippen LogP contribution < -0.4 is 0 Å². The average Bonchev–Trinajstić information content (AvgIpc) is 2.86. The molecule has 20 heavy (non-hydrogen) atoms. The highest BCUT2D eigenvalue weighted by atomic mass is 16.4. The van der Waals surface area contributed by atoms with Crippen LogP contribution in [0.2, 0.25) is 0 Å². The first-order valence-electron chi connectivity index (χ1n) is 7.59. The molecule has 3 heteroatoms. The van der Waals surface area contributed by atoms with Gasteiger partial charge in [-0.25, -0.2) is 0 Å². The van der Waals surface area contributed by atoms with E-state index in [-0.39, 0.29) is 5.92 Å². The van der Waals surface area contributed by atoms with Crippen LogP contribution in [0.3, 0.4) is 0 Å². The molecule has 0 aliphatic carbocycles. The van der Waals surface area contributed by atoms with Crippen molar-refractivity contribution in [2.75, 3.05) is 13.1 Å². The molecule has 1 aliphatic heterocycles. The van der Waals surface area contributed by atoms with Gasteiger partial charge in [0.2, 0.25) is 0 Å². The van der Waals surface area contributed by atoms with Gasteiger partial charge in [0, 0.05) is 13.1 Å². The van der Waals surface area contributed by atoms with Gasteiger partial charge >= 0.3 is 5.97 Å². The van der Waals surface area contributed by atoms with Crippen molar-refractivity contribution in [3.63, 3.8) is 0 Å². The molecule has 2 unspecified atom stereocenters. The molecule has 0 amide bonds.